The number of nitrogens with one attached hydrogen (secondary N) is 1. The third kappa shape index (κ3) is 5.13. The largest absolute Gasteiger partial charge is 0.401 e. The monoisotopic (exact) mass is 288 g/mol. The lowest BCUT2D eigenvalue weighted by molar-refractivity contribution is -0.146. The van der Waals surface area contributed by atoms with Crippen LogP contribution >= 0.6 is 0 Å². The molecular formula is C15H23F3N2. The summed E-state index contributed by atoms with van der Waals surface area (Å²) >= 11 is 0. The molecule has 20 heavy (non-hydrogen) atoms. The van der Waals surface area contributed by atoms with Crippen molar-refractivity contribution >= 4 is 0 Å². The van der Waals surface area contributed by atoms with Gasteiger partial charge < -0.3 is 5.32 Å². The van der Waals surface area contributed by atoms with E-state index >= 15 is 0 Å². The lowest BCUT2D eigenvalue weighted by Gasteiger charge is -2.28. The molecule has 0 saturated carbocycles. The number of aryl methyl sites for hydroxylation is 2. The van der Waals surface area contributed by atoms with Crippen LogP contribution in [0.1, 0.15) is 29.7 Å². The summed E-state index contributed by atoms with van der Waals surface area (Å²) < 4.78 is 37.6. The summed E-state index contributed by atoms with van der Waals surface area (Å²) in [5.41, 5.74) is 3.31. The molecule has 1 aromatic rings. The molecule has 1 unspecified atom stereocenters. The Bertz CT molecular complexity index is 430. The van der Waals surface area contributed by atoms with E-state index in [0.29, 0.717) is 13.1 Å². The van der Waals surface area contributed by atoms with Crippen molar-refractivity contribution in [1.29, 1.82) is 0 Å². The molecule has 1 rings (SSSR count). The molecule has 0 aromatic heterocycles. The molecule has 0 bridgehead atoms. The fraction of sp³-hybridized carbons (Fsp3) is 0.600. The van der Waals surface area contributed by atoms with E-state index in [4.69, 9.17) is 0 Å². The molecule has 0 aliphatic heterocycles. The minimum atomic E-state index is -4.16. The van der Waals surface area contributed by atoms with Gasteiger partial charge in [-0.05, 0) is 38.6 Å². The first kappa shape index (κ1) is 17.0. The molecule has 0 saturated heterocycles. The second-order valence-corrected chi connectivity index (χ2v) is 5.14. The lowest BCUT2D eigenvalue weighted by atomic mass is 9.99. The highest BCUT2D eigenvalue weighted by atomic mass is 19.4. The van der Waals surface area contributed by atoms with Crippen molar-refractivity contribution in [2.45, 2.75) is 33.0 Å². The molecule has 0 aliphatic carbocycles. The normalized spacial score (nSPS) is 13.8. The predicted molar refractivity (Wildman–Crippen MR) is 75.9 cm³/mol. The number of benzene rings is 1. The van der Waals surface area contributed by atoms with E-state index in [1.807, 2.05) is 26.0 Å². The Hall–Kier alpha value is -1.07. The minimum absolute atomic E-state index is 0.0992. The second kappa shape index (κ2) is 7.09. The SMILES string of the molecule is CCN(CC(NC)c1ccc(C)cc1C)CC(F)(F)F. The van der Waals surface area contributed by atoms with E-state index in [1.165, 1.54) is 4.90 Å². The van der Waals surface area contributed by atoms with Gasteiger partial charge in [0.05, 0.1) is 6.54 Å². The lowest BCUT2D eigenvalue weighted by Crippen LogP contribution is -2.39. The van der Waals surface area contributed by atoms with E-state index in [2.05, 4.69) is 11.4 Å². The number of nitrogens with zero attached hydrogens (tertiary/aromatic N) is 1. The van der Waals surface area contributed by atoms with Crippen molar-refractivity contribution in [2.24, 2.45) is 0 Å². The summed E-state index contributed by atoms with van der Waals surface area (Å²) in [6, 6.07) is 5.94. The molecular weight excluding hydrogens is 265 g/mol. The molecule has 0 radical (unpaired) electrons. The van der Waals surface area contributed by atoms with Gasteiger partial charge in [-0.1, -0.05) is 30.7 Å². The molecule has 0 fully saturated rings. The summed E-state index contributed by atoms with van der Waals surface area (Å²) in [5, 5.41) is 3.12. The third-order valence-corrected chi connectivity index (χ3v) is 3.44. The summed E-state index contributed by atoms with van der Waals surface area (Å²) in [7, 11) is 1.78. The summed E-state index contributed by atoms with van der Waals surface area (Å²) in [4.78, 5) is 1.42. The van der Waals surface area contributed by atoms with Gasteiger partial charge in [0.25, 0.3) is 0 Å². The van der Waals surface area contributed by atoms with Crippen molar-refractivity contribution in [2.75, 3.05) is 26.7 Å². The molecule has 5 heteroatoms. The third-order valence-electron chi connectivity index (χ3n) is 3.44. The quantitative estimate of drug-likeness (QED) is 0.862. The first-order valence-corrected chi connectivity index (χ1v) is 6.80. The zero-order valence-electron chi connectivity index (χ0n) is 12.5. The van der Waals surface area contributed by atoms with Gasteiger partial charge in [0.1, 0.15) is 0 Å². The van der Waals surface area contributed by atoms with Crippen LogP contribution in [0.3, 0.4) is 0 Å². The van der Waals surface area contributed by atoms with E-state index in [-0.39, 0.29) is 6.04 Å². The Morgan fingerprint density at radius 1 is 1.25 bits per heavy atom. The predicted octanol–water partition coefficient (Wildman–Crippen LogP) is 3.45. The van der Waals surface area contributed by atoms with E-state index in [9.17, 15) is 13.2 Å². The highest BCUT2D eigenvalue weighted by Crippen LogP contribution is 2.22. The number of halogens is 3. The van der Waals surface area contributed by atoms with Crippen molar-refractivity contribution in [3.8, 4) is 0 Å². The van der Waals surface area contributed by atoms with Crippen LogP contribution in [-0.2, 0) is 0 Å². The molecule has 0 spiro atoms. The average molecular weight is 288 g/mol. The van der Waals surface area contributed by atoms with Crippen molar-refractivity contribution < 1.29 is 13.2 Å². The maximum atomic E-state index is 12.5. The Kier molecular flexibility index (Phi) is 6.02. The molecule has 2 nitrogen and oxygen atoms in total. The average Bonchev–Trinajstić information content (AvgIpc) is 2.33. The molecule has 0 heterocycles. The van der Waals surface area contributed by atoms with E-state index in [1.54, 1.807) is 14.0 Å². The van der Waals surface area contributed by atoms with Crippen molar-refractivity contribution in [3.63, 3.8) is 0 Å². The number of rotatable bonds is 6. The highest BCUT2D eigenvalue weighted by Gasteiger charge is 2.31. The molecule has 0 aliphatic rings. The summed E-state index contributed by atoms with van der Waals surface area (Å²) in [6.07, 6.45) is -4.16. The van der Waals surface area contributed by atoms with Gasteiger partial charge in [0.15, 0.2) is 0 Å². The van der Waals surface area contributed by atoms with Crippen LogP contribution in [0.15, 0.2) is 18.2 Å². The topological polar surface area (TPSA) is 15.3 Å². The number of likely N-dealkylation sites (N-methyl/N-ethyl adjacent to an activating group) is 2. The van der Waals surface area contributed by atoms with E-state index < -0.39 is 12.7 Å². The summed E-state index contributed by atoms with van der Waals surface area (Å²) in [6.45, 7) is 5.60. The maximum absolute atomic E-state index is 12.5. The molecule has 1 atom stereocenters. The summed E-state index contributed by atoms with van der Waals surface area (Å²) in [5.74, 6) is 0. The van der Waals surface area contributed by atoms with E-state index in [0.717, 1.165) is 16.7 Å². The Labute approximate surface area is 119 Å². The van der Waals surface area contributed by atoms with Crippen LogP contribution in [0.5, 0.6) is 0 Å². The first-order chi connectivity index (χ1) is 9.26. The Morgan fingerprint density at radius 3 is 2.35 bits per heavy atom. The first-order valence-electron chi connectivity index (χ1n) is 6.80. The number of alkyl halides is 3. The maximum Gasteiger partial charge on any atom is 0.401 e. The van der Waals surface area contributed by atoms with Gasteiger partial charge in [-0.25, -0.2) is 0 Å². The van der Waals surface area contributed by atoms with Crippen LogP contribution in [0, 0.1) is 13.8 Å². The van der Waals surface area contributed by atoms with Crippen LogP contribution < -0.4 is 5.32 Å². The molecule has 1 N–H and O–H groups in total. The van der Waals surface area contributed by atoms with Gasteiger partial charge >= 0.3 is 6.18 Å². The minimum Gasteiger partial charge on any atom is -0.312 e. The zero-order chi connectivity index (χ0) is 15.3. The molecule has 0 amide bonds. The standard InChI is InChI=1S/C15H23F3N2/c1-5-20(10-15(16,17)18)9-14(19-4)13-7-6-11(2)8-12(13)3/h6-8,14,19H,5,9-10H2,1-4H3. The van der Waals surface area contributed by atoms with Gasteiger partial charge in [0, 0.05) is 12.6 Å². The second-order valence-electron chi connectivity index (χ2n) is 5.14. The Morgan fingerprint density at radius 2 is 1.90 bits per heavy atom. The fourth-order valence-electron chi connectivity index (χ4n) is 2.38. The molecule has 1 aromatic carbocycles. The van der Waals surface area contributed by atoms with Gasteiger partial charge in [0.2, 0.25) is 0 Å². The van der Waals surface area contributed by atoms with Crippen molar-refractivity contribution in [3.05, 3.63) is 34.9 Å². The smallest absolute Gasteiger partial charge is 0.312 e. The van der Waals surface area contributed by atoms with Gasteiger partial charge in [-0.2, -0.15) is 13.2 Å². The number of hydrogen-bond donors (Lipinski definition) is 1. The fourth-order valence-corrected chi connectivity index (χ4v) is 2.38. The van der Waals surface area contributed by atoms with Gasteiger partial charge in [-0.3, -0.25) is 4.90 Å². The molecule has 114 valence electrons. The van der Waals surface area contributed by atoms with Gasteiger partial charge in [-0.15, -0.1) is 0 Å². The Balaban J connectivity index is 2.84. The van der Waals surface area contributed by atoms with Crippen molar-refractivity contribution in [1.82, 2.24) is 10.2 Å². The number of hydrogen-bond acceptors (Lipinski definition) is 2. The van der Waals surface area contributed by atoms with Crippen LogP contribution in [0.25, 0.3) is 0 Å². The van der Waals surface area contributed by atoms with Crippen LogP contribution in [-0.4, -0.2) is 37.8 Å². The zero-order valence-corrected chi connectivity index (χ0v) is 12.5. The highest BCUT2D eigenvalue weighted by molar-refractivity contribution is 5.33. The van der Waals surface area contributed by atoms with Crippen LogP contribution in [0.2, 0.25) is 0 Å². The van der Waals surface area contributed by atoms with Crippen LogP contribution in [0.4, 0.5) is 13.2 Å².